The molecule has 0 spiro atoms. The lowest BCUT2D eigenvalue weighted by Crippen LogP contribution is -2.36. The Morgan fingerprint density at radius 1 is 1.22 bits per heavy atom. The fraction of sp³-hybridized carbons (Fsp3) is 1.00. The maximum absolute atomic E-state index is 10.9. The zero-order chi connectivity index (χ0) is 13.3. The van der Waals surface area contributed by atoms with Gasteiger partial charge in [-0.05, 0) is 30.5 Å². The van der Waals surface area contributed by atoms with Gasteiger partial charge in [0.05, 0.1) is 0 Å². The lowest BCUT2D eigenvalue weighted by Gasteiger charge is -2.31. The largest absolute Gasteiger partial charge is 0.326 e. The standard InChI is InChI=1S/C8H16ClNO6P2/c9-10-3-1-2-6-4-8(5-7(6)10,15-17(11)12)16-18(13)14/h6-7,17-18H,1-5H2,(H,11,12)(H,13,14)/t6-,7-/m1/s1. The summed E-state index contributed by atoms with van der Waals surface area (Å²) in [5.41, 5.74) is 0. The Morgan fingerprint density at radius 3 is 2.33 bits per heavy atom. The Kier molecular flexibility index (Phi) is 4.90. The highest BCUT2D eigenvalue weighted by Crippen LogP contribution is 2.51. The molecule has 1 aliphatic carbocycles. The minimum absolute atomic E-state index is 0.0527. The van der Waals surface area contributed by atoms with Crippen LogP contribution in [0.25, 0.3) is 0 Å². The summed E-state index contributed by atoms with van der Waals surface area (Å²) in [5, 5.41) is 0. The SMILES string of the molecule is O=[PH](O)OC1(O[PH](=O)O)C[C@H]2CCCN(Cl)[C@@H]2C1. The Morgan fingerprint density at radius 2 is 1.83 bits per heavy atom. The van der Waals surface area contributed by atoms with Crippen LogP contribution in [-0.2, 0) is 18.2 Å². The van der Waals surface area contributed by atoms with Gasteiger partial charge < -0.3 is 9.79 Å². The molecule has 0 aromatic heterocycles. The van der Waals surface area contributed by atoms with Gasteiger partial charge in [0.2, 0.25) is 0 Å². The molecule has 1 aliphatic heterocycles. The zero-order valence-electron chi connectivity index (χ0n) is 9.54. The van der Waals surface area contributed by atoms with Crippen molar-refractivity contribution in [1.82, 2.24) is 4.42 Å². The van der Waals surface area contributed by atoms with E-state index in [1.54, 1.807) is 4.42 Å². The maximum Gasteiger partial charge on any atom is 0.319 e. The second kappa shape index (κ2) is 5.90. The number of nitrogens with zero attached hydrogens (tertiary/aromatic N) is 1. The first kappa shape index (κ1) is 14.9. The minimum Gasteiger partial charge on any atom is -0.326 e. The van der Waals surface area contributed by atoms with Crippen molar-refractivity contribution in [3.8, 4) is 0 Å². The first-order chi connectivity index (χ1) is 8.42. The van der Waals surface area contributed by atoms with E-state index in [1.807, 2.05) is 0 Å². The fourth-order valence-corrected chi connectivity index (χ4v) is 4.39. The van der Waals surface area contributed by atoms with Gasteiger partial charge in [0.1, 0.15) is 0 Å². The van der Waals surface area contributed by atoms with Crippen molar-refractivity contribution in [1.29, 1.82) is 0 Å². The van der Waals surface area contributed by atoms with Gasteiger partial charge in [-0.2, -0.15) is 0 Å². The lowest BCUT2D eigenvalue weighted by atomic mass is 9.94. The molecule has 1 heterocycles. The normalized spacial score (nSPS) is 40.4. The fourth-order valence-electron chi connectivity index (χ4n) is 2.90. The summed E-state index contributed by atoms with van der Waals surface area (Å²) in [6, 6.07) is -0.0527. The van der Waals surface area contributed by atoms with Crippen molar-refractivity contribution >= 4 is 28.3 Å². The summed E-state index contributed by atoms with van der Waals surface area (Å²) in [7, 11) is -6.50. The molecule has 0 amide bonds. The number of fused-ring (bicyclic) bond motifs is 1. The van der Waals surface area contributed by atoms with Gasteiger partial charge in [-0.1, -0.05) is 0 Å². The average molecular weight is 320 g/mol. The third-order valence-corrected chi connectivity index (χ3v) is 5.00. The topological polar surface area (TPSA) is 96.3 Å². The van der Waals surface area contributed by atoms with Crippen LogP contribution in [0.15, 0.2) is 0 Å². The summed E-state index contributed by atoms with van der Waals surface area (Å²) in [6.45, 7) is 0.724. The summed E-state index contributed by atoms with van der Waals surface area (Å²) in [5.74, 6) is -1.30. The molecule has 0 aromatic carbocycles. The van der Waals surface area contributed by atoms with Gasteiger partial charge in [0, 0.05) is 25.4 Å². The van der Waals surface area contributed by atoms with Crippen molar-refractivity contribution in [3.63, 3.8) is 0 Å². The van der Waals surface area contributed by atoms with E-state index in [0.29, 0.717) is 6.42 Å². The van der Waals surface area contributed by atoms with Crippen LogP contribution in [0, 0.1) is 5.92 Å². The highest BCUT2D eigenvalue weighted by Gasteiger charge is 2.52. The van der Waals surface area contributed by atoms with E-state index in [-0.39, 0.29) is 18.4 Å². The van der Waals surface area contributed by atoms with E-state index < -0.39 is 22.3 Å². The first-order valence-corrected chi connectivity index (χ1v) is 8.55. The van der Waals surface area contributed by atoms with Crippen LogP contribution in [-0.4, -0.2) is 32.6 Å². The number of hydrogen-bond acceptors (Lipinski definition) is 5. The van der Waals surface area contributed by atoms with Crippen LogP contribution in [0.4, 0.5) is 0 Å². The third-order valence-electron chi connectivity index (χ3n) is 3.49. The van der Waals surface area contributed by atoms with Crippen LogP contribution in [0.3, 0.4) is 0 Å². The molecule has 18 heavy (non-hydrogen) atoms. The van der Waals surface area contributed by atoms with Crippen molar-refractivity contribution in [2.24, 2.45) is 5.92 Å². The minimum atomic E-state index is -3.25. The maximum atomic E-state index is 10.9. The molecule has 7 nitrogen and oxygen atoms in total. The van der Waals surface area contributed by atoms with Crippen molar-refractivity contribution < 1.29 is 28.0 Å². The first-order valence-electron chi connectivity index (χ1n) is 5.68. The van der Waals surface area contributed by atoms with E-state index in [0.717, 1.165) is 19.4 Å². The number of hydrogen-bond donors (Lipinski definition) is 2. The smallest absolute Gasteiger partial charge is 0.319 e. The quantitative estimate of drug-likeness (QED) is 0.460. The molecule has 0 aromatic rings. The van der Waals surface area contributed by atoms with E-state index >= 15 is 0 Å². The molecule has 0 radical (unpaired) electrons. The lowest BCUT2D eigenvalue weighted by molar-refractivity contribution is -0.112. The number of piperidine rings is 1. The molecule has 2 rings (SSSR count). The molecule has 1 saturated carbocycles. The molecule has 106 valence electrons. The third kappa shape index (κ3) is 3.35. The Balaban J connectivity index is 2.16. The Hall–Kier alpha value is 0.550. The summed E-state index contributed by atoms with van der Waals surface area (Å²) in [4.78, 5) is 17.8. The van der Waals surface area contributed by atoms with Crippen LogP contribution in [0.1, 0.15) is 25.7 Å². The predicted molar refractivity (Wildman–Crippen MR) is 65.6 cm³/mol. The van der Waals surface area contributed by atoms with Crippen LogP contribution in [0.5, 0.6) is 0 Å². The van der Waals surface area contributed by atoms with Gasteiger partial charge in [0.15, 0.2) is 5.79 Å². The molecule has 2 N–H and O–H groups in total. The molecule has 1 saturated heterocycles. The molecule has 2 fully saturated rings. The van der Waals surface area contributed by atoms with Crippen LogP contribution in [0.2, 0.25) is 0 Å². The summed E-state index contributed by atoms with van der Waals surface area (Å²) < 4.78 is 33.2. The van der Waals surface area contributed by atoms with E-state index in [2.05, 4.69) is 0 Å². The summed E-state index contributed by atoms with van der Waals surface area (Å²) >= 11 is 6.08. The van der Waals surface area contributed by atoms with Gasteiger partial charge in [0.25, 0.3) is 0 Å². The van der Waals surface area contributed by atoms with Crippen LogP contribution < -0.4 is 0 Å². The average Bonchev–Trinajstić information content (AvgIpc) is 2.54. The molecule has 0 bridgehead atoms. The van der Waals surface area contributed by atoms with Gasteiger partial charge in [-0.3, -0.25) is 18.2 Å². The monoisotopic (exact) mass is 319 g/mol. The number of halogens is 1. The Labute approximate surface area is 111 Å². The van der Waals surface area contributed by atoms with E-state index in [4.69, 9.17) is 30.6 Å². The number of rotatable bonds is 4. The second-order valence-corrected chi connectivity index (χ2v) is 6.55. The predicted octanol–water partition coefficient (Wildman–Crippen LogP) is 1.51. The van der Waals surface area contributed by atoms with Crippen molar-refractivity contribution in [2.75, 3.05) is 6.54 Å². The zero-order valence-corrected chi connectivity index (χ0v) is 12.3. The molecule has 10 heteroatoms. The highest BCUT2D eigenvalue weighted by molar-refractivity contribution is 7.33. The molecule has 2 aliphatic rings. The Bertz CT molecular complexity index is 353. The molecule has 2 unspecified atom stereocenters. The molecular formula is C8H16ClNO6P2. The van der Waals surface area contributed by atoms with Gasteiger partial charge in [-0.15, -0.1) is 0 Å². The van der Waals surface area contributed by atoms with E-state index in [9.17, 15) is 9.13 Å². The van der Waals surface area contributed by atoms with Gasteiger partial charge in [-0.25, -0.2) is 4.42 Å². The second-order valence-electron chi connectivity index (χ2n) is 4.65. The van der Waals surface area contributed by atoms with E-state index in [1.165, 1.54) is 0 Å². The van der Waals surface area contributed by atoms with Crippen molar-refractivity contribution in [3.05, 3.63) is 0 Å². The molecule has 4 atom stereocenters. The summed E-state index contributed by atoms with van der Waals surface area (Å²) in [6.07, 6.45) is 2.37. The van der Waals surface area contributed by atoms with Crippen molar-refractivity contribution in [2.45, 2.75) is 37.5 Å². The highest BCUT2D eigenvalue weighted by atomic mass is 35.5. The van der Waals surface area contributed by atoms with Gasteiger partial charge >= 0.3 is 16.5 Å². The molecular weight excluding hydrogens is 303 g/mol. The van der Waals surface area contributed by atoms with Crippen LogP contribution >= 0.6 is 28.3 Å².